The lowest BCUT2D eigenvalue weighted by Crippen LogP contribution is -2.31. The van der Waals surface area contributed by atoms with Crippen molar-refractivity contribution in [3.8, 4) is 12.3 Å². The van der Waals surface area contributed by atoms with Crippen molar-refractivity contribution in [1.29, 1.82) is 0 Å². The van der Waals surface area contributed by atoms with Gasteiger partial charge in [-0.2, -0.15) is 9.82 Å². The van der Waals surface area contributed by atoms with Crippen LogP contribution in [-0.2, 0) is 10.0 Å². The maximum atomic E-state index is 11.6. The largest absolute Gasteiger partial charge is 0.281 e. The highest BCUT2D eigenvalue weighted by molar-refractivity contribution is 7.89. The Bertz CT molecular complexity index is 455. The molecule has 5 nitrogen and oxygen atoms in total. The fourth-order valence-electron chi connectivity index (χ4n) is 0.941. The summed E-state index contributed by atoms with van der Waals surface area (Å²) in [5, 5.41) is 6.17. The number of hydrogen-bond donors (Lipinski definition) is 2. The third-order valence-corrected chi connectivity index (χ3v) is 3.31. The molecule has 1 heterocycles. The van der Waals surface area contributed by atoms with Crippen LogP contribution in [0.15, 0.2) is 11.1 Å². The van der Waals surface area contributed by atoms with Gasteiger partial charge in [0, 0.05) is 0 Å². The Kier molecular flexibility index (Phi) is 2.93. The number of sulfonamides is 1. The number of rotatable bonds is 3. The maximum absolute atomic E-state index is 11.6. The molecule has 0 aromatic carbocycles. The van der Waals surface area contributed by atoms with E-state index < -0.39 is 16.1 Å². The summed E-state index contributed by atoms with van der Waals surface area (Å²) in [6.45, 7) is 3.22. The van der Waals surface area contributed by atoms with Gasteiger partial charge in [-0.25, -0.2) is 8.42 Å². The first-order valence-corrected chi connectivity index (χ1v) is 5.44. The lowest BCUT2D eigenvalue weighted by molar-refractivity contribution is 0.577. The van der Waals surface area contributed by atoms with Crippen LogP contribution in [0.4, 0.5) is 0 Å². The van der Waals surface area contributed by atoms with Crippen LogP contribution in [-0.4, -0.2) is 24.7 Å². The molecule has 1 unspecified atom stereocenters. The number of hydrogen-bond acceptors (Lipinski definition) is 3. The minimum atomic E-state index is -3.55. The number of aromatic nitrogens is 2. The van der Waals surface area contributed by atoms with Gasteiger partial charge in [-0.3, -0.25) is 5.10 Å². The van der Waals surface area contributed by atoms with Crippen molar-refractivity contribution in [2.75, 3.05) is 0 Å². The zero-order valence-electron chi connectivity index (χ0n) is 7.90. The van der Waals surface area contributed by atoms with Crippen molar-refractivity contribution < 1.29 is 8.42 Å². The van der Waals surface area contributed by atoms with Crippen LogP contribution in [0.3, 0.4) is 0 Å². The molecule has 0 aliphatic rings. The third-order valence-electron chi connectivity index (χ3n) is 1.66. The molecular formula is C8H11N3O2S. The van der Waals surface area contributed by atoms with Gasteiger partial charge in [0.1, 0.15) is 4.90 Å². The highest BCUT2D eigenvalue weighted by Crippen LogP contribution is 2.10. The highest BCUT2D eigenvalue weighted by atomic mass is 32.2. The van der Waals surface area contributed by atoms with Crippen molar-refractivity contribution in [2.24, 2.45) is 0 Å². The number of aromatic amines is 1. The van der Waals surface area contributed by atoms with E-state index in [2.05, 4.69) is 20.8 Å². The Morgan fingerprint density at radius 3 is 2.79 bits per heavy atom. The van der Waals surface area contributed by atoms with E-state index in [0.717, 1.165) is 0 Å². The zero-order chi connectivity index (χ0) is 10.8. The molecule has 0 aliphatic carbocycles. The molecule has 0 radical (unpaired) electrons. The first-order valence-electron chi connectivity index (χ1n) is 3.96. The van der Waals surface area contributed by atoms with E-state index in [4.69, 9.17) is 6.42 Å². The SMILES string of the molecule is C#CC(C)NS(=O)(=O)c1cn[nH]c1C. The molecule has 0 saturated carbocycles. The van der Waals surface area contributed by atoms with Crippen molar-refractivity contribution in [1.82, 2.24) is 14.9 Å². The average molecular weight is 213 g/mol. The topological polar surface area (TPSA) is 74.8 Å². The van der Waals surface area contributed by atoms with Crippen LogP contribution >= 0.6 is 0 Å². The molecule has 0 amide bonds. The molecule has 0 bridgehead atoms. The molecule has 0 spiro atoms. The smallest absolute Gasteiger partial charge is 0.245 e. The Morgan fingerprint density at radius 2 is 2.36 bits per heavy atom. The second kappa shape index (κ2) is 3.82. The van der Waals surface area contributed by atoms with Crippen LogP contribution in [0.5, 0.6) is 0 Å². The standard InChI is InChI=1S/C8H11N3O2S/c1-4-6(2)11-14(12,13)8-5-9-10-7(8)3/h1,5-6,11H,2-3H3,(H,9,10). The van der Waals surface area contributed by atoms with E-state index in [0.29, 0.717) is 5.69 Å². The molecule has 0 fully saturated rings. The molecule has 76 valence electrons. The lowest BCUT2D eigenvalue weighted by Gasteiger charge is -2.07. The molecule has 14 heavy (non-hydrogen) atoms. The predicted octanol–water partition coefficient (Wildman–Crippen LogP) is 0.0181. The molecule has 6 heteroatoms. The lowest BCUT2D eigenvalue weighted by atomic mass is 10.4. The molecular weight excluding hydrogens is 202 g/mol. The summed E-state index contributed by atoms with van der Waals surface area (Å²) in [4.78, 5) is 0.125. The fourth-order valence-corrected chi connectivity index (χ4v) is 2.24. The molecule has 1 aromatic heterocycles. The molecule has 0 saturated heterocycles. The first-order chi connectivity index (χ1) is 6.47. The summed E-state index contributed by atoms with van der Waals surface area (Å²) >= 11 is 0. The second-order valence-electron chi connectivity index (χ2n) is 2.87. The van der Waals surface area contributed by atoms with Gasteiger partial charge in [0.05, 0.1) is 17.9 Å². The third kappa shape index (κ3) is 2.13. The number of aryl methyl sites for hydroxylation is 1. The molecule has 0 aliphatic heterocycles. The minimum absolute atomic E-state index is 0.125. The quantitative estimate of drug-likeness (QED) is 0.695. The number of terminal acetylenes is 1. The van der Waals surface area contributed by atoms with E-state index in [1.807, 2.05) is 0 Å². The van der Waals surface area contributed by atoms with Gasteiger partial charge in [-0.1, -0.05) is 5.92 Å². The van der Waals surface area contributed by atoms with Crippen molar-refractivity contribution in [3.05, 3.63) is 11.9 Å². The fraction of sp³-hybridized carbons (Fsp3) is 0.375. The van der Waals surface area contributed by atoms with Crippen LogP contribution in [0, 0.1) is 19.3 Å². The Balaban J connectivity index is 3.00. The Hall–Kier alpha value is -1.32. The van der Waals surface area contributed by atoms with Gasteiger partial charge >= 0.3 is 0 Å². The zero-order valence-corrected chi connectivity index (χ0v) is 8.72. The van der Waals surface area contributed by atoms with Gasteiger partial charge < -0.3 is 0 Å². The predicted molar refractivity (Wildman–Crippen MR) is 51.9 cm³/mol. The van der Waals surface area contributed by atoms with Crippen LogP contribution in [0.2, 0.25) is 0 Å². The van der Waals surface area contributed by atoms with E-state index in [1.54, 1.807) is 13.8 Å². The van der Waals surface area contributed by atoms with E-state index in [9.17, 15) is 8.42 Å². The highest BCUT2D eigenvalue weighted by Gasteiger charge is 2.19. The first kappa shape index (κ1) is 10.8. The summed E-state index contributed by atoms with van der Waals surface area (Å²) in [6, 6.07) is -0.533. The van der Waals surface area contributed by atoms with E-state index in [1.165, 1.54) is 6.20 Å². The van der Waals surface area contributed by atoms with Gasteiger partial charge in [0.25, 0.3) is 0 Å². The maximum Gasteiger partial charge on any atom is 0.245 e. The normalized spacial score (nSPS) is 13.5. The van der Waals surface area contributed by atoms with Gasteiger partial charge in [-0.15, -0.1) is 6.42 Å². The Labute approximate surface area is 83.0 Å². The van der Waals surface area contributed by atoms with Crippen LogP contribution < -0.4 is 4.72 Å². The van der Waals surface area contributed by atoms with Crippen molar-refractivity contribution in [3.63, 3.8) is 0 Å². The van der Waals surface area contributed by atoms with Crippen molar-refractivity contribution >= 4 is 10.0 Å². The van der Waals surface area contributed by atoms with Gasteiger partial charge in [0.2, 0.25) is 10.0 Å². The average Bonchev–Trinajstić information content (AvgIpc) is 2.51. The van der Waals surface area contributed by atoms with E-state index >= 15 is 0 Å². The van der Waals surface area contributed by atoms with Crippen LogP contribution in [0.25, 0.3) is 0 Å². The van der Waals surface area contributed by atoms with E-state index in [-0.39, 0.29) is 4.90 Å². The summed E-state index contributed by atoms with van der Waals surface area (Å²) in [6.07, 6.45) is 6.32. The molecule has 1 atom stereocenters. The Morgan fingerprint density at radius 1 is 1.71 bits per heavy atom. The molecule has 1 aromatic rings. The monoisotopic (exact) mass is 213 g/mol. The van der Waals surface area contributed by atoms with Gasteiger partial charge in [0.15, 0.2) is 0 Å². The summed E-state index contributed by atoms with van der Waals surface area (Å²) in [5.74, 6) is 2.28. The number of nitrogens with zero attached hydrogens (tertiary/aromatic N) is 1. The van der Waals surface area contributed by atoms with Gasteiger partial charge in [-0.05, 0) is 13.8 Å². The number of nitrogens with one attached hydrogen (secondary N) is 2. The van der Waals surface area contributed by atoms with Crippen molar-refractivity contribution in [2.45, 2.75) is 24.8 Å². The summed E-state index contributed by atoms with van der Waals surface area (Å²) < 4.78 is 25.6. The van der Waals surface area contributed by atoms with Crippen LogP contribution in [0.1, 0.15) is 12.6 Å². The molecule has 2 N–H and O–H groups in total. The summed E-state index contributed by atoms with van der Waals surface area (Å²) in [5.41, 5.74) is 0.488. The number of H-pyrrole nitrogens is 1. The molecule has 1 rings (SSSR count). The second-order valence-corrected chi connectivity index (χ2v) is 4.55. The minimum Gasteiger partial charge on any atom is -0.281 e. The summed E-state index contributed by atoms with van der Waals surface area (Å²) in [7, 11) is -3.55.